The first kappa shape index (κ1) is 17.0. The molecule has 0 aliphatic carbocycles. The van der Waals surface area contributed by atoms with Gasteiger partial charge in [0.1, 0.15) is 11.9 Å². The van der Waals surface area contributed by atoms with Crippen molar-refractivity contribution in [1.29, 1.82) is 0 Å². The van der Waals surface area contributed by atoms with Crippen molar-refractivity contribution in [2.45, 2.75) is 18.8 Å². The van der Waals surface area contributed by atoms with E-state index in [1.54, 1.807) is 0 Å². The number of benzene rings is 1. The first-order valence-corrected chi connectivity index (χ1v) is 6.73. The fraction of sp³-hybridized carbons (Fsp3) is 0.429. The van der Waals surface area contributed by atoms with Gasteiger partial charge in [0.15, 0.2) is 0 Å². The van der Waals surface area contributed by atoms with Crippen LogP contribution in [0, 0.1) is 5.82 Å². The molecule has 126 valence electrons. The summed E-state index contributed by atoms with van der Waals surface area (Å²) in [5.74, 6) is -1.96. The monoisotopic (exact) mass is 333 g/mol. The second kappa shape index (κ2) is 6.05. The summed E-state index contributed by atoms with van der Waals surface area (Å²) in [6.45, 7) is -0.233. The number of likely N-dealkylation sites (N-methyl/N-ethyl adjacent to an activating group) is 2. The molecule has 9 heteroatoms. The van der Waals surface area contributed by atoms with Crippen molar-refractivity contribution in [2.75, 3.05) is 20.6 Å². The smallest absolute Gasteiger partial charge is 0.350 e. The molecule has 0 radical (unpaired) electrons. The Morgan fingerprint density at radius 2 is 2.00 bits per heavy atom. The van der Waals surface area contributed by atoms with Crippen molar-refractivity contribution in [1.82, 2.24) is 15.1 Å². The van der Waals surface area contributed by atoms with Gasteiger partial charge in [-0.2, -0.15) is 13.2 Å². The maximum absolute atomic E-state index is 13.9. The van der Waals surface area contributed by atoms with Crippen LogP contribution in [0.3, 0.4) is 0 Å². The van der Waals surface area contributed by atoms with Gasteiger partial charge in [0.2, 0.25) is 5.91 Å². The Labute approximate surface area is 129 Å². The second-order valence-corrected chi connectivity index (χ2v) is 5.28. The second-order valence-electron chi connectivity index (χ2n) is 5.28. The Balaban J connectivity index is 2.07. The van der Waals surface area contributed by atoms with E-state index in [-0.39, 0.29) is 18.1 Å². The highest BCUT2D eigenvalue weighted by Gasteiger charge is 2.37. The van der Waals surface area contributed by atoms with E-state index in [9.17, 15) is 27.2 Å². The van der Waals surface area contributed by atoms with Gasteiger partial charge in [-0.15, -0.1) is 0 Å². The van der Waals surface area contributed by atoms with Crippen LogP contribution in [0.2, 0.25) is 0 Å². The minimum Gasteiger partial charge on any atom is -0.350 e. The lowest BCUT2D eigenvalue weighted by Gasteiger charge is -2.18. The molecule has 1 N–H and O–H groups in total. The normalized spacial score (nSPS) is 18.5. The Kier molecular flexibility index (Phi) is 4.49. The van der Waals surface area contributed by atoms with Gasteiger partial charge in [-0.3, -0.25) is 4.79 Å². The quantitative estimate of drug-likeness (QED) is 0.858. The van der Waals surface area contributed by atoms with Crippen LogP contribution < -0.4 is 5.32 Å². The summed E-state index contributed by atoms with van der Waals surface area (Å²) in [5, 5.41) is 2.37. The van der Waals surface area contributed by atoms with Crippen LogP contribution in [0.5, 0.6) is 0 Å². The molecule has 1 heterocycles. The van der Waals surface area contributed by atoms with Gasteiger partial charge in [0.05, 0.1) is 12.1 Å². The van der Waals surface area contributed by atoms with E-state index in [1.165, 1.54) is 30.0 Å². The van der Waals surface area contributed by atoms with Gasteiger partial charge < -0.3 is 15.1 Å². The molecule has 1 fully saturated rings. The van der Waals surface area contributed by atoms with Gasteiger partial charge in [-0.05, 0) is 6.07 Å². The minimum absolute atomic E-state index is 0.159. The molecule has 0 bridgehead atoms. The first-order valence-electron chi connectivity index (χ1n) is 6.73. The fourth-order valence-corrected chi connectivity index (χ4v) is 2.36. The van der Waals surface area contributed by atoms with Crippen molar-refractivity contribution < 1.29 is 27.2 Å². The summed E-state index contributed by atoms with van der Waals surface area (Å²) in [4.78, 5) is 26.2. The third kappa shape index (κ3) is 3.38. The van der Waals surface area contributed by atoms with Crippen molar-refractivity contribution >= 4 is 11.9 Å². The summed E-state index contributed by atoms with van der Waals surface area (Å²) in [6, 6.07) is 1.78. The first-order chi connectivity index (χ1) is 10.6. The largest absolute Gasteiger partial charge is 0.419 e. The van der Waals surface area contributed by atoms with Crippen LogP contribution in [-0.2, 0) is 17.5 Å². The maximum Gasteiger partial charge on any atom is 0.419 e. The summed E-state index contributed by atoms with van der Waals surface area (Å²) in [7, 11) is 2.97. The van der Waals surface area contributed by atoms with Gasteiger partial charge in [-0.1, -0.05) is 12.1 Å². The molecule has 23 heavy (non-hydrogen) atoms. The van der Waals surface area contributed by atoms with E-state index in [4.69, 9.17) is 0 Å². The number of alkyl halides is 3. The number of rotatable bonds is 3. The predicted molar refractivity (Wildman–Crippen MR) is 72.8 cm³/mol. The molecule has 5 nitrogen and oxygen atoms in total. The van der Waals surface area contributed by atoms with E-state index in [2.05, 4.69) is 5.32 Å². The van der Waals surface area contributed by atoms with Gasteiger partial charge in [0, 0.05) is 26.2 Å². The van der Waals surface area contributed by atoms with Crippen LogP contribution in [0.1, 0.15) is 11.1 Å². The molecule has 1 aliphatic heterocycles. The number of halogens is 4. The van der Waals surface area contributed by atoms with Crippen LogP contribution in [-0.4, -0.2) is 48.4 Å². The van der Waals surface area contributed by atoms with Crippen LogP contribution in [0.15, 0.2) is 18.2 Å². The van der Waals surface area contributed by atoms with Crippen LogP contribution in [0.4, 0.5) is 22.4 Å². The van der Waals surface area contributed by atoms with E-state index in [1.807, 2.05) is 0 Å². The molecule has 1 saturated heterocycles. The lowest BCUT2D eigenvalue weighted by molar-refractivity contribution is -0.140. The zero-order chi connectivity index (χ0) is 17.4. The molecule has 2 rings (SSSR count). The number of carbonyl (C=O) groups is 2. The van der Waals surface area contributed by atoms with E-state index in [0.29, 0.717) is 6.07 Å². The third-order valence-electron chi connectivity index (χ3n) is 3.68. The average Bonchev–Trinajstić information content (AvgIpc) is 2.72. The van der Waals surface area contributed by atoms with Crippen molar-refractivity contribution in [3.05, 3.63) is 35.1 Å². The van der Waals surface area contributed by atoms with Crippen LogP contribution >= 0.6 is 0 Å². The molecule has 0 spiro atoms. The maximum atomic E-state index is 13.9. The number of nitrogens with zero attached hydrogens (tertiary/aromatic N) is 2. The minimum atomic E-state index is -4.80. The molecular weight excluding hydrogens is 318 g/mol. The Morgan fingerprint density at radius 1 is 1.35 bits per heavy atom. The van der Waals surface area contributed by atoms with Gasteiger partial charge in [0.25, 0.3) is 0 Å². The molecule has 0 aromatic heterocycles. The van der Waals surface area contributed by atoms with Crippen molar-refractivity contribution in [2.24, 2.45) is 0 Å². The Morgan fingerprint density at radius 3 is 2.52 bits per heavy atom. The molecular formula is C14H15F4N3O2. The molecule has 1 aromatic carbocycles. The van der Waals surface area contributed by atoms with Crippen molar-refractivity contribution in [3.8, 4) is 0 Å². The zero-order valence-corrected chi connectivity index (χ0v) is 12.4. The Hall–Kier alpha value is -2.32. The van der Waals surface area contributed by atoms with Gasteiger partial charge in [-0.25, -0.2) is 9.18 Å². The van der Waals surface area contributed by atoms with Gasteiger partial charge >= 0.3 is 12.2 Å². The zero-order valence-electron chi connectivity index (χ0n) is 12.4. The predicted octanol–water partition coefficient (Wildman–Crippen LogP) is 1.83. The highest BCUT2D eigenvalue weighted by Crippen LogP contribution is 2.32. The molecule has 1 aromatic rings. The third-order valence-corrected chi connectivity index (χ3v) is 3.68. The van der Waals surface area contributed by atoms with E-state index < -0.39 is 36.1 Å². The number of carbonyl (C=O) groups excluding carboxylic acids is 2. The SMILES string of the molecule is CN1C[C@@H](C(=O)NCc2cccc(C(F)(F)F)c2F)N(C)C1=O. The summed E-state index contributed by atoms with van der Waals surface area (Å²) < 4.78 is 51.8. The fourth-order valence-electron chi connectivity index (χ4n) is 2.36. The molecule has 3 amide bonds. The standard InChI is InChI=1S/C14H15F4N3O2/c1-20-7-10(21(2)13(20)23)12(22)19-6-8-4-3-5-9(11(8)15)14(16,17)18/h3-5,10H,6-7H2,1-2H3,(H,19,22)/t10-/m0/s1. The summed E-state index contributed by atoms with van der Waals surface area (Å²) in [6.07, 6.45) is -4.80. The number of nitrogens with one attached hydrogen (secondary N) is 1. The molecule has 1 atom stereocenters. The number of amides is 3. The highest BCUT2D eigenvalue weighted by molar-refractivity contribution is 5.90. The summed E-state index contributed by atoms with van der Waals surface area (Å²) >= 11 is 0. The lowest BCUT2D eigenvalue weighted by atomic mass is 10.1. The highest BCUT2D eigenvalue weighted by atomic mass is 19.4. The molecule has 0 saturated carbocycles. The lowest BCUT2D eigenvalue weighted by Crippen LogP contribution is -2.43. The van der Waals surface area contributed by atoms with E-state index in [0.717, 1.165) is 6.07 Å². The number of hydrogen-bond donors (Lipinski definition) is 1. The van der Waals surface area contributed by atoms with Crippen molar-refractivity contribution in [3.63, 3.8) is 0 Å². The van der Waals surface area contributed by atoms with Crippen LogP contribution in [0.25, 0.3) is 0 Å². The average molecular weight is 333 g/mol. The Bertz CT molecular complexity index is 633. The summed E-state index contributed by atoms with van der Waals surface area (Å²) in [5.41, 5.74) is -1.65. The number of urea groups is 1. The van der Waals surface area contributed by atoms with E-state index >= 15 is 0 Å². The molecule has 0 unspecified atom stereocenters. The number of hydrogen-bond acceptors (Lipinski definition) is 2. The molecule has 1 aliphatic rings. The topological polar surface area (TPSA) is 52.7 Å².